The highest BCUT2D eigenvalue weighted by Crippen LogP contribution is 2.50. The molecule has 0 saturated carbocycles. The van der Waals surface area contributed by atoms with Crippen LogP contribution in [0, 0.1) is 0 Å². The van der Waals surface area contributed by atoms with E-state index in [2.05, 4.69) is 41.6 Å². The van der Waals surface area contributed by atoms with Crippen LogP contribution >= 0.6 is 10.4 Å². The fourth-order valence-electron chi connectivity index (χ4n) is 1.90. The van der Waals surface area contributed by atoms with E-state index in [4.69, 9.17) is 5.14 Å². The maximum Gasteiger partial charge on any atom is 0.0465 e. The molecule has 2 nitrogen and oxygen atoms in total. The molecule has 1 fully saturated rings. The Morgan fingerprint density at radius 1 is 1.36 bits per heavy atom. The van der Waals surface area contributed by atoms with Crippen LogP contribution in [0.1, 0.15) is 6.92 Å². The number of anilines is 1. The number of hydrogen-bond acceptors (Lipinski definition) is 2. The second kappa shape index (κ2) is 3.96. The van der Waals surface area contributed by atoms with Gasteiger partial charge >= 0.3 is 0 Å². The Morgan fingerprint density at radius 3 is 2.43 bits per heavy atom. The number of rotatable bonds is 3. The van der Waals surface area contributed by atoms with Crippen molar-refractivity contribution in [2.75, 3.05) is 21.6 Å². The summed E-state index contributed by atoms with van der Waals surface area (Å²) in [6.07, 6.45) is 0. The lowest BCUT2D eigenvalue weighted by molar-refractivity contribution is 1.09. The summed E-state index contributed by atoms with van der Waals surface area (Å²) < 4.78 is 2.43. The third kappa shape index (κ3) is 1.69. The van der Waals surface area contributed by atoms with Crippen LogP contribution in [-0.4, -0.2) is 26.8 Å². The Morgan fingerprint density at radius 2 is 2.00 bits per heavy atom. The van der Waals surface area contributed by atoms with Crippen molar-refractivity contribution in [3.8, 4) is 0 Å². The van der Waals surface area contributed by atoms with E-state index in [1.165, 1.54) is 16.4 Å². The van der Waals surface area contributed by atoms with Gasteiger partial charge in [0.15, 0.2) is 0 Å². The van der Waals surface area contributed by atoms with Gasteiger partial charge in [0.25, 0.3) is 0 Å². The van der Waals surface area contributed by atoms with Gasteiger partial charge in [-0.3, -0.25) is 5.14 Å². The summed E-state index contributed by atoms with van der Waals surface area (Å²) in [5.41, 5.74) is 1.31. The van der Waals surface area contributed by atoms with Gasteiger partial charge in [-0.25, -0.2) is 0 Å². The molecule has 2 N–H and O–H groups in total. The number of para-hydroxylation sites is 1. The van der Waals surface area contributed by atoms with Crippen LogP contribution in [0.15, 0.2) is 30.3 Å². The van der Waals surface area contributed by atoms with Gasteiger partial charge in [-0.15, -0.1) is 10.4 Å². The van der Waals surface area contributed by atoms with Crippen molar-refractivity contribution in [2.24, 2.45) is 5.14 Å². The molecule has 1 aromatic rings. The van der Waals surface area contributed by atoms with Gasteiger partial charge in [-0.1, -0.05) is 18.2 Å². The maximum absolute atomic E-state index is 6.43. The van der Waals surface area contributed by atoms with Crippen molar-refractivity contribution in [1.29, 1.82) is 0 Å². The van der Waals surface area contributed by atoms with E-state index in [9.17, 15) is 0 Å². The molecular formula is C10H18N2SSi. The molecule has 1 aliphatic heterocycles. The first kappa shape index (κ1) is 10.1. The van der Waals surface area contributed by atoms with Crippen LogP contribution in [0.3, 0.4) is 0 Å². The number of hydrogen-bond donors (Lipinski definition) is 1. The van der Waals surface area contributed by atoms with Crippen molar-refractivity contribution in [3.05, 3.63) is 30.3 Å². The first-order valence-electron chi connectivity index (χ1n) is 5.15. The van der Waals surface area contributed by atoms with Crippen molar-refractivity contribution >= 4 is 25.6 Å². The monoisotopic (exact) mass is 226 g/mol. The Bertz CT molecular complexity index is 300. The Hall–Kier alpha value is -0.453. The fraction of sp³-hybridized carbons (Fsp3) is 0.400. The molecule has 0 unspecified atom stereocenters. The summed E-state index contributed by atoms with van der Waals surface area (Å²) in [6.45, 7) is 3.25. The first-order chi connectivity index (χ1) is 6.76. The van der Waals surface area contributed by atoms with Crippen molar-refractivity contribution in [3.63, 3.8) is 0 Å². The normalized spacial score (nSPS) is 31.9. The molecule has 4 heteroatoms. The van der Waals surface area contributed by atoms with Crippen LogP contribution in [0.25, 0.3) is 0 Å². The van der Waals surface area contributed by atoms with Crippen LogP contribution in [-0.2, 0) is 0 Å². The smallest absolute Gasteiger partial charge is 0.0465 e. The zero-order valence-corrected chi connectivity index (χ0v) is 10.9. The van der Waals surface area contributed by atoms with Crippen molar-refractivity contribution < 1.29 is 0 Å². The predicted octanol–water partition coefficient (Wildman–Crippen LogP) is 1.20. The molecule has 0 aliphatic carbocycles. The molecular weight excluding hydrogens is 208 g/mol. The van der Waals surface area contributed by atoms with Gasteiger partial charge in [0, 0.05) is 21.8 Å². The molecule has 0 radical (unpaired) electrons. The van der Waals surface area contributed by atoms with Gasteiger partial charge in [0.05, 0.1) is 0 Å². The molecule has 1 heterocycles. The molecule has 0 amide bonds. The van der Waals surface area contributed by atoms with Crippen LogP contribution in [0.5, 0.6) is 0 Å². The van der Waals surface area contributed by atoms with Gasteiger partial charge in [0.1, 0.15) is 0 Å². The lowest BCUT2D eigenvalue weighted by Gasteiger charge is -2.53. The Labute approximate surface area is 89.9 Å². The average Bonchev–Trinajstić information content (AvgIpc) is 2.18. The standard InChI is InChI=1S/C10H18N2SSi/c1-2-12(13(11)8-14-9-13)10-6-4-3-5-7-10/h3-7H,2,8-9,11,14H2,1H3. The SMILES string of the molecule is CCN(c1ccccc1)S1(N)C[SiH2]C1. The zero-order valence-electron chi connectivity index (χ0n) is 8.65. The van der Waals surface area contributed by atoms with Gasteiger partial charge in [0.2, 0.25) is 0 Å². The zero-order chi connectivity index (χ0) is 10.0. The lowest BCUT2D eigenvalue weighted by atomic mass is 10.3. The molecule has 78 valence electrons. The summed E-state index contributed by atoms with van der Waals surface area (Å²) in [5.74, 6) is 0. The summed E-state index contributed by atoms with van der Waals surface area (Å²) >= 11 is 0. The average molecular weight is 226 g/mol. The minimum atomic E-state index is -0.888. The van der Waals surface area contributed by atoms with E-state index in [0.29, 0.717) is 0 Å². The lowest BCUT2D eigenvalue weighted by Crippen LogP contribution is -2.48. The van der Waals surface area contributed by atoms with Crippen molar-refractivity contribution in [1.82, 2.24) is 0 Å². The molecule has 14 heavy (non-hydrogen) atoms. The van der Waals surface area contributed by atoms with E-state index < -0.39 is 10.4 Å². The Kier molecular flexibility index (Phi) is 2.85. The Balaban J connectivity index is 2.22. The molecule has 0 aromatic heterocycles. The van der Waals surface area contributed by atoms with E-state index in [-0.39, 0.29) is 9.52 Å². The molecule has 0 bridgehead atoms. The second-order valence-electron chi connectivity index (χ2n) is 3.69. The van der Waals surface area contributed by atoms with Gasteiger partial charge in [-0.05, 0) is 29.8 Å². The molecule has 2 rings (SSSR count). The van der Waals surface area contributed by atoms with Crippen molar-refractivity contribution in [2.45, 2.75) is 6.92 Å². The van der Waals surface area contributed by atoms with Crippen LogP contribution in [0.4, 0.5) is 5.69 Å². The number of nitrogens with two attached hydrogens (primary N) is 1. The van der Waals surface area contributed by atoms with E-state index in [1.54, 1.807) is 0 Å². The van der Waals surface area contributed by atoms with Crippen LogP contribution in [0.2, 0.25) is 0 Å². The second-order valence-corrected chi connectivity index (χ2v) is 9.91. The molecule has 1 aliphatic rings. The molecule has 1 aromatic carbocycles. The highest BCUT2D eigenvalue weighted by atomic mass is 32.3. The topological polar surface area (TPSA) is 29.3 Å². The quantitative estimate of drug-likeness (QED) is 0.785. The van der Waals surface area contributed by atoms with Gasteiger partial charge < -0.3 is 4.31 Å². The fourth-order valence-corrected chi connectivity index (χ4v) is 8.24. The maximum atomic E-state index is 6.43. The third-order valence-electron chi connectivity index (χ3n) is 2.77. The largest absolute Gasteiger partial charge is 0.323 e. The highest BCUT2D eigenvalue weighted by Gasteiger charge is 2.33. The van der Waals surface area contributed by atoms with E-state index >= 15 is 0 Å². The summed E-state index contributed by atoms with van der Waals surface area (Å²) in [4.78, 5) is 0. The summed E-state index contributed by atoms with van der Waals surface area (Å²) in [7, 11) is -0.674. The van der Waals surface area contributed by atoms with E-state index in [0.717, 1.165) is 6.54 Å². The molecule has 0 atom stereocenters. The predicted molar refractivity (Wildman–Crippen MR) is 69.5 cm³/mol. The summed E-state index contributed by atoms with van der Waals surface area (Å²) in [6, 6.07) is 10.6. The number of benzene rings is 1. The minimum Gasteiger partial charge on any atom is -0.323 e. The minimum absolute atomic E-state index is 0.214. The number of nitrogens with zero attached hydrogens (tertiary/aromatic N) is 1. The molecule has 1 saturated heterocycles. The van der Waals surface area contributed by atoms with Gasteiger partial charge in [-0.2, -0.15) is 0 Å². The highest BCUT2D eigenvalue weighted by molar-refractivity contribution is 8.36. The summed E-state index contributed by atoms with van der Waals surface area (Å²) in [5, 5.41) is 9.12. The first-order valence-corrected chi connectivity index (χ1v) is 9.14. The van der Waals surface area contributed by atoms with E-state index in [1.807, 2.05) is 0 Å². The third-order valence-corrected chi connectivity index (χ3v) is 12.1. The van der Waals surface area contributed by atoms with Crippen LogP contribution < -0.4 is 9.44 Å². The molecule has 0 spiro atoms.